The summed E-state index contributed by atoms with van der Waals surface area (Å²) >= 11 is 1.21. The maximum Gasteiger partial charge on any atom is 0.305 e. The lowest BCUT2D eigenvalue weighted by Crippen LogP contribution is -2.27. The molecule has 0 radical (unpaired) electrons. The van der Waals surface area contributed by atoms with E-state index in [2.05, 4.69) is 22.0 Å². The molecule has 4 aromatic rings. The first-order valence-corrected chi connectivity index (χ1v) is 10.1. The fraction of sp³-hybridized carbons (Fsp3) is 0.286. The number of pyridine rings is 1. The van der Waals surface area contributed by atoms with Crippen LogP contribution in [0.25, 0.3) is 16.0 Å². The SMILES string of the molecule is CC(c1ccc2[nH]c(=O)sc2c1)c1ccn(-c2ccc(OCC(C)(C)O)cn2)n1. The molecule has 7 nitrogen and oxygen atoms in total. The van der Waals surface area contributed by atoms with Gasteiger partial charge in [0.2, 0.25) is 0 Å². The van der Waals surface area contributed by atoms with Crippen molar-refractivity contribution in [3.63, 3.8) is 0 Å². The quantitative estimate of drug-likeness (QED) is 0.508. The molecule has 1 aromatic carbocycles. The summed E-state index contributed by atoms with van der Waals surface area (Å²) in [5, 5.41) is 14.4. The van der Waals surface area contributed by atoms with Crippen molar-refractivity contribution in [2.45, 2.75) is 32.3 Å². The molecule has 0 amide bonds. The topological polar surface area (TPSA) is 93.0 Å². The Hall–Kier alpha value is -2.97. The van der Waals surface area contributed by atoms with Gasteiger partial charge in [-0.2, -0.15) is 5.10 Å². The first kappa shape index (κ1) is 19.4. The first-order chi connectivity index (χ1) is 13.8. The maximum atomic E-state index is 11.5. The van der Waals surface area contributed by atoms with E-state index in [1.807, 2.05) is 36.5 Å². The molecule has 0 aliphatic carbocycles. The van der Waals surface area contributed by atoms with Gasteiger partial charge in [0.1, 0.15) is 12.4 Å². The van der Waals surface area contributed by atoms with Crippen molar-refractivity contribution in [3.05, 3.63) is 69.7 Å². The summed E-state index contributed by atoms with van der Waals surface area (Å²) in [7, 11) is 0. The van der Waals surface area contributed by atoms with Crippen LogP contribution in [0, 0.1) is 0 Å². The van der Waals surface area contributed by atoms with E-state index >= 15 is 0 Å². The van der Waals surface area contributed by atoms with E-state index < -0.39 is 5.60 Å². The molecule has 0 spiro atoms. The fourth-order valence-corrected chi connectivity index (χ4v) is 3.74. The monoisotopic (exact) mass is 410 g/mol. The van der Waals surface area contributed by atoms with Crippen molar-refractivity contribution in [1.29, 1.82) is 0 Å². The van der Waals surface area contributed by atoms with E-state index in [0.717, 1.165) is 21.5 Å². The zero-order chi connectivity index (χ0) is 20.6. The Kier molecular flexibility index (Phi) is 4.97. The fourth-order valence-electron chi connectivity index (χ4n) is 2.95. The van der Waals surface area contributed by atoms with Crippen molar-refractivity contribution < 1.29 is 9.84 Å². The molecule has 1 unspecified atom stereocenters. The van der Waals surface area contributed by atoms with Gasteiger partial charge in [0, 0.05) is 12.1 Å². The Morgan fingerprint density at radius 2 is 2.10 bits per heavy atom. The number of hydrogen-bond donors (Lipinski definition) is 2. The number of rotatable bonds is 6. The predicted octanol–water partition coefficient (Wildman–Crippen LogP) is 3.47. The molecule has 0 aliphatic heterocycles. The van der Waals surface area contributed by atoms with Gasteiger partial charge >= 0.3 is 4.87 Å². The molecule has 0 aliphatic rings. The minimum absolute atomic E-state index is 0.0462. The minimum atomic E-state index is -0.898. The molecule has 0 saturated heterocycles. The van der Waals surface area contributed by atoms with Gasteiger partial charge in [-0.05, 0) is 49.7 Å². The van der Waals surface area contributed by atoms with E-state index in [4.69, 9.17) is 4.74 Å². The summed E-state index contributed by atoms with van der Waals surface area (Å²) in [6.45, 7) is 5.66. The van der Waals surface area contributed by atoms with Crippen molar-refractivity contribution >= 4 is 21.6 Å². The molecule has 4 rings (SSSR count). The van der Waals surface area contributed by atoms with E-state index in [1.165, 1.54) is 11.3 Å². The summed E-state index contributed by atoms with van der Waals surface area (Å²) in [5.41, 5.74) is 1.97. The zero-order valence-corrected chi connectivity index (χ0v) is 17.2. The van der Waals surface area contributed by atoms with Crippen LogP contribution in [0.1, 0.15) is 37.9 Å². The van der Waals surface area contributed by atoms with E-state index in [1.54, 1.807) is 30.8 Å². The molecule has 0 fully saturated rings. The van der Waals surface area contributed by atoms with Crippen LogP contribution >= 0.6 is 11.3 Å². The van der Waals surface area contributed by atoms with Crippen LogP contribution in [0.4, 0.5) is 0 Å². The number of nitrogens with one attached hydrogen (secondary N) is 1. The Morgan fingerprint density at radius 3 is 2.83 bits per heavy atom. The number of benzene rings is 1. The third-order valence-corrected chi connectivity index (χ3v) is 5.39. The second-order valence-electron chi connectivity index (χ2n) is 7.63. The zero-order valence-electron chi connectivity index (χ0n) is 16.4. The Labute approximate surface area is 171 Å². The third kappa shape index (κ3) is 4.38. The Morgan fingerprint density at radius 1 is 1.28 bits per heavy atom. The average Bonchev–Trinajstić information content (AvgIpc) is 3.31. The van der Waals surface area contributed by atoms with Crippen molar-refractivity contribution in [1.82, 2.24) is 19.7 Å². The van der Waals surface area contributed by atoms with Crippen LogP contribution in [-0.2, 0) is 0 Å². The summed E-state index contributed by atoms with van der Waals surface area (Å²) in [5.74, 6) is 1.35. The second kappa shape index (κ2) is 7.46. The molecule has 150 valence electrons. The number of ether oxygens (including phenoxy) is 1. The Bertz CT molecular complexity index is 1190. The van der Waals surface area contributed by atoms with E-state index in [-0.39, 0.29) is 17.4 Å². The molecule has 29 heavy (non-hydrogen) atoms. The highest BCUT2D eigenvalue weighted by atomic mass is 32.1. The number of fused-ring (bicyclic) bond motifs is 1. The standard InChI is InChI=1S/C21H22N4O3S/c1-13(14-4-6-17-18(10-14)29-20(26)23-17)16-8-9-25(24-16)19-7-5-15(11-22-19)28-12-21(2,3)27/h4-11,13,27H,12H2,1-3H3,(H,23,26). The minimum Gasteiger partial charge on any atom is -0.489 e. The summed E-state index contributed by atoms with van der Waals surface area (Å²) in [6, 6.07) is 11.6. The van der Waals surface area contributed by atoms with Gasteiger partial charge in [0.15, 0.2) is 5.82 Å². The largest absolute Gasteiger partial charge is 0.489 e. The molecule has 8 heteroatoms. The molecule has 3 heterocycles. The number of thiazole rings is 1. The lowest BCUT2D eigenvalue weighted by atomic mass is 9.98. The smallest absolute Gasteiger partial charge is 0.305 e. The normalized spacial score (nSPS) is 13.0. The average molecular weight is 410 g/mol. The predicted molar refractivity (Wildman–Crippen MR) is 113 cm³/mol. The van der Waals surface area contributed by atoms with Crippen LogP contribution in [0.3, 0.4) is 0 Å². The number of nitrogens with zero attached hydrogens (tertiary/aromatic N) is 3. The van der Waals surface area contributed by atoms with Gasteiger partial charge in [0.25, 0.3) is 0 Å². The van der Waals surface area contributed by atoms with E-state index in [0.29, 0.717) is 11.6 Å². The van der Waals surface area contributed by atoms with Crippen LogP contribution in [0.2, 0.25) is 0 Å². The maximum absolute atomic E-state index is 11.5. The Balaban J connectivity index is 1.51. The van der Waals surface area contributed by atoms with Crippen molar-refractivity contribution in [2.75, 3.05) is 6.61 Å². The van der Waals surface area contributed by atoms with Gasteiger partial charge in [-0.3, -0.25) is 4.79 Å². The van der Waals surface area contributed by atoms with Gasteiger partial charge < -0.3 is 14.8 Å². The lowest BCUT2D eigenvalue weighted by Gasteiger charge is -2.17. The van der Waals surface area contributed by atoms with Crippen LogP contribution in [-0.4, -0.2) is 37.1 Å². The molecule has 0 bridgehead atoms. The van der Waals surface area contributed by atoms with Crippen molar-refractivity contribution in [3.8, 4) is 11.6 Å². The highest BCUT2D eigenvalue weighted by Gasteiger charge is 2.15. The second-order valence-corrected chi connectivity index (χ2v) is 8.64. The lowest BCUT2D eigenvalue weighted by molar-refractivity contribution is 0.0283. The van der Waals surface area contributed by atoms with Gasteiger partial charge in [-0.15, -0.1) is 0 Å². The number of aliphatic hydroxyl groups is 1. The summed E-state index contributed by atoms with van der Waals surface area (Å²) in [4.78, 5) is 18.7. The first-order valence-electron chi connectivity index (χ1n) is 9.28. The molecule has 0 saturated carbocycles. The number of H-pyrrole nitrogens is 1. The highest BCUT2D eigenvalue weighted by molar-refractivity contribution is 7.16. The molecular weight excluding hydrogens is 388 g/mol. The van der Waals surface area contributed by atoms with Gasteiger partial charge in [-0.1, -0.05) is 24.3 Å². The highest BCUT2D eigenvalue weighted by Crippen LogP contribution is 2.27. The van der Waals surface area contributed by atoms with Gasteiger partial charge in [0.05, 0.1) is 27.7 Å². The van der Waals surface area contributed by atoms with Crippen LogP contribution in [0.5, 0.6) is 5.75 Å². The molecule has 3 aromatic heterocycles. The number of aromatic nitrogens is 4. The number of hydrogen-bond acceptors (Lipinski definition) is 6. The third-order valence-electron chi connectivity index (χ3n) is 4.55. The van der Waals surface area contributed by atoms with Gasteiger partial charge in [-0.25, -0.2) is 9.67 Å². The number of aromatic amines is 1. The molecular formula is C21H22N4O3S. The van der Waals surface area contributed by atoms with Crippen LogP contribution < -0.4 is 9.61 Å². The summed E-state index contributed by atoms with van der Waals surface area (Å²) in [6.07, 6.45) is 3.49. The van der Waals surface area contributed by atoms with E-state index in [9.17, 15) is 9.90 Å². The molecule has 1 atom stereocenters. The summed E-state index contributed by atoms with van der Waals surface area (Å²) < 4.78 is 8.20. The van der Waals surface area contributed by atoms with Crippen molar-refractivity contribution in [2.24, 2.45) is 0 Å². The van der Waals surface area contributed by atoms with Crippen LogP contribution in [0.15, 0.2) is 53.6 Å². The molecule has 2 N–H and O–H groups in total.